The first kappa shape index (κ1) is 14.5. The van der Waals surface area contributed by atoms with Gasteiger partial charge in [0, 0.05) is 17.0 Å². The molecule has 2 aromatic rings. The molecule has 1 aromatic heterocycles. The number of fused-ring (bicyclic) bond motifs is 1. The molecule has 0 spiro atoms. The summed E-state index contributed by atoms with van der Waals surface area (Å²) in [6.45, 7) is 0.530. The molecule has 0 unspecified atom stereocenters. The molecule has 0 aliphatic heterocycles. The van der Waals surface area contributed by atoms with Crippen molar-refractivity contribution in [3.05, 3.63) is 29.5 Å². The Morgan fingerprint density at radius 2 is 1.90 bits per heavy atom. The number of rotatable bonds is 3. The average Bonchev–Trinajstić information content (AvgIpc) is 2.70. The average molecular weight is 306 g/mol. The third-order valence-electron chi connectivity index (χ3n) is 4.22. The number of hydrogen-bond donors (Lipinski definition) is 2. The molecule has 0 amide bonds. The van der Waals surface area contributed by atoms with Gasteiger partial charge in [0.05, 0.1) is 11.1 Å². The van der Waals surface area contributed by atoms with Gasteiger partial charge in [0.25, 0.3) is 0 Å². The number of hydrogen-bond acceptors (Lipinski definition) is 4. The normalized spacial score (nSPS) is 18.4. The minimum atomic E-state index is -0.625. The standard InChI is InChI=1S/C16H20ClN3O/c17-12-5-6-13-14(9-12)19-11-20-15(13)18-10-16(21)7-3-1-2-4-8-16/h5-6,9,11,21H,1-4,7-8,10H2,(H,18,19,20). The zero-order valence-electron chi connectivity index (χ0n) is 12.0. The number of anilines is 1. The van der Waals surface area contributed by atoms with Crippen molar-refractivity contribution in [3.8, 4) is 0 Å². The topological polar surface area (TPSA) is 58.0 Å². The maximum Gasteiger partial charge on any atom is 0.137 e. The zero-order chi connectivity index (χ0) is 14.7. The Bertz CT molecular complexity index is 624. The molecule has 1 aliphatic carbocycles. The van der Waals surface area contributed by atoms with E-state index in [2.05, 4.69) is 15.3 Å². The van der Waals surface area contributed by atoms with E-state index in [0.717, 1.165) is 42.4 Å². The summed E-state index contributed by atoms with van der Waals surface area (Å²) in [7, 11) is 0. The molecule has 3 rings (SSSR count). The molecule has 2 N–H and O–H groups in total. The second kappa shape index (κ2) is 6.16. The Balaban J connectivity index is 1.78. The number of benzene rings is 1. The summed E-state index contributed by atoms with van der Waals surface area (Å²) in [5.41, 5.74) is 0.188. The van der Waals surface area contributed by atoms with Crippen LogP contribution in [0.25, 0.3) is 10.9 Å². The van der Waals surface area contributed by atoms with Gasteiger partial charge in [0.1, 0.15) is 12.1 Å². The molecule has 0 atom stereocenters. The highest BCUT2D eigenvalue weighted by Crippen LogP contribution is 2.28. The lowest BCUT2D eigenvalue weighted by Crippen LogP contribution is -2.36. The van der Waals surface area contributed by atoms with Gasteiger partial charge < -0.3 is 10.4 Å². The number of nitrogens with zero attached hydrogens (tertiary/aromatic N) is 2. The molecule has 1 fully saturated rings. The highest BCUT2D eigenvalue weighted by atomic mass is 35.5. The molecule has 1 heterocycles. The van der Waals surface area contributed by atoms with Crippen molar-refractivity contribution in [3.63, 3.8) is 0 Å². The molecule has 0 bridgehead atoms. The van der Waals surface area contributed by atoms with Crippen LogP contribution in [0, 0.1) is 0 Å². The van der Waals surface area contributed by atoms with E-state index in [9.17, 15) is 5.11 Å². The second-order valence-corrected chi connectivity index (χ2v) is 6.31. The third kappa shape index (κ3) is 3.44. The number of aromatic nitrogens is 2. The van der Waals surface area contributed by atoms with Gasteiger partial charge in [-0.15, -0.1) is 0 Å². The Morgan fingerprint density at radius 1 is 1.14 bits per heavy atom. The molecule has 1 aliphatic rings. The molecule has 1 saturated carbocycles. The zero-order valence-corrected chi connectivity index (χ0v) is 12.7. The minimum Gasteiger partial charge on any atom is -0.388 e. The van der Waals surface area contributed by atoms with Crippen molar-refractivity contribution in [1.82, 2.24) is 9.97 Å². The fourth-order valence-electron chi connectivity index (χ4n) is 2.98. The molecule has 112 valence electrons. The monoisotopic (exact) mass is 305 g/mol. The summed E-state index contributed by atoms with van der Waals surface area (Å²) in [6, 6.07) is 5.57. The number of halogens is 1. The van der Waals surface area contributed by atoms with E-state index >= 15 is 0 Å². The van der Waals surface area contributed by atoms with E-state index < -0.39 is 5.60 Å². The molecule has 21 heavy (non-hydrogen) atoms. The molecule has 4 nitrogen and oxygen atoms in total. The van der Waals surface area contributed by atoms with Gasteiger partial charge in [-0.3, -0.25) is 0 Å². The van der Waals surface area contributed by atoms with E-state index in [0.29, 0.717) is 11.6 Å². The van der Waals surface area contributed by atoms with E-state index in [1.165, 1.54) is 19.2 Å². The predicted molar refractivity (Wildman–Crippen MR) is 85.7 cm³/mol. The maximum atomic E-state index is 10.7. The van der Waals surface area contributed by atoms with Crippen LogP contribution in [-0.2, 0) is 0 Å². The van der Waals surface area contributed by atoms with Crippen LogP contribution in [0.1, 0.15) is 38.5 Å². The third-order valence-corrected chi connectivity index (χ3v) is 4.45. The van der Waals surface area contributed by atoms with Gasteiger partial charge >= 0.3 is 0 Å². The first-order chi connectivity index (χ1) is 10.2. The van der Waals surface area contributed by atoms with Crippen LogP contribution in [0.4, 0.5) is 5.82 Å². The molecular weight excluding hydrogens is 286 g/mol. The van der Waals surface area contributed by atoms with Crippen molar-refractivity contribution in [2.75, 3.05) is 11.9 Å². The van der Waals surface area contributed by atoms with Crippen molar-refractivity contribution in [2.24, 2.45) is 0 Å². The van der Waals surface area contributed by atoms with E-state index in [-0.39, 0.29) is 0 Å². The Hall–Kier alpha value is -1.39. The summed E-state index contributed by atoms with van der Waals surface area (Å²) in [5.74, 6) is 0.759. The fraction of sp³-hybridized carbons (Fsp3) is 0.500. The fourth-order valence-corrected chi connectivity index (χ4v) is 3.15. The molecule has 0 radical (unpaired) electrons. The summed E-state index contributed by atoms with van der Waals surface area (Å²) < 4.78 is 0. The lowest BCUT2D eigenvalue weighted by molar-refractivity contribution is 0.0381. The summed E-state index contributed by atoms with van der Waals surface area (Å²) in [6.07, 6.45) is 7.87. The van der Waals surface area contributed by atoms with Crippen molar-refractivity contribution >= 4 is 28.3 Å². The molecular formula is C16H20ClN3O. The van der Waals surface area contributed by atoms with Crippen LogP contribution in [0.2, 0.25) is 5.02 Å². The van der Waals surface area contributed by atoms with Crippen LogP contribution in [0.5, 0.6) is 0 Å². The largest absolute Gasteiger partial charge is 0.388 e. The Kier molecular flexibility index (Phi) is 4.27. The Morgan fingerprint density at radius 3 is 2.67 bits per heavy atom. The van der Waals surface area contributed by atoms with Crippen LogP contribution < -0.4 is 5.32 Å². The number of nitrogens with one attached hydrogen (secondary N) is 1. The van der Waals surface area contributed by atoms with Crippen molar-refractivity contribution in [1.29, 1.82) is 0 Å². The summed E-state index contributed by atoms with van der Waals surface area (Å²) >= 11 is 5.99. The van der Waals surface area contributed by atoms with E-state index in [4.69, 9.17) is 11.6 Å². The van der Waals surface area contributed by atoms with E-state index in [1.54, 1.807) is 0 Å². The maximum absolute atomic E-state index is 10.7. The van der Waals surface area contributed by atoms with Gasteiger partial charge in [-0.1, -0.05) is 37.3 Å². The SMILES string of the molecule is OC1(CNc2ncnc3cc(Cl)ccc23)CCCCCC1. The van der Waals surface area contributed by atoms with E-state index in [1.807, 2.05) is 18.2 Å². The van der Waals surface area contributed by atoms with Gasteiger partial charge in [-0.25, -0.2) is 9.97 Å². The van der Waals surface area contributed by atoms with Gasteiger partial charge in [-0.05, 0) is 31.0 Å². The van der Waals surface area contributed by atoms with Gasteiger partial charge in [-0.2, -0.15) is 0 Å². The van der Waals surface area contributed by atoms with Crippen molar-refractivity contribution in [2.45, 2.75) is 44.1 Å². The lowest BCUT2D eigenvalue weighted by Gasteiger charge is -2.27. The smallest absolute Gasteiger partial charge is 0.137 e. The van der Waals surface area contributed by atoms with Gasteiger partial charge in [0.2, 0.25) is 0 Å². The predicted octanol–water partition coefficient (Wildman–Crippen LogP) is 3.78. The molecule has 0 saturated heterocycles. The lowest BCUT2D eigenvalue weighted by atomic mass is 9.94. The number of aliphatic hydroxyl groups is 1. The molecule has 1 aromatic carbocycles. The quantitative estimate of drug-likeness (QED) is 0.847. The highest BCUT2D eigenvalue weighted by molar-refractivity contribution is 6.31. The minimum absolute atomic E-state index is 0.530. The van der Waals surface area contributed by atoms with Crippen LogP contribution in [0.3, 0.4) is 0 Å². The molecule has 5 heteroatoms. The van der Waals surface area contributed by atoms with Crippen LogP contribution in [0.15, 0.2) is 24.5 Å². The van der Waals surface area contributed by atoms with Gasteiger partial charge in [0.15, 0.2) is 0 Å². The van der Waals surface area contributed by atoms with Crippen LogP contribution in [-0.4, -0.2) is 27.2 Å². The summed E-state index contributed by atoms with van der Waals surface area (Å²) in [5, 5.41) is 15.6. The first-order valence-corrected chi connectivity index (χ1v) is 7.91. The second-order valence-electron chi connectivity index (χ2n) is 5.88. The highest BCUT2D eigenvalue weighted by Gasteiger charge is 2.27. The Labute approximate surface area is 129 Å². The van der Waals surface area contributed by atoms with Crippen LogP contribution >= 0.6 is 11.6 Å². The summed E-state index contributed by atoms with van der Waals surface area (Å²) in [4.78, 5) is 8.53. The first-order valence-electron chi connectivity index (χ1n) is 7.53. The van der Waals surface area contributed by atoms with Crippen molar-refractivity contribution < 1.29 is 5.11 Å².